The highest BCUT2D eigenvalue weighted by Crippen LogP contribution is 2.26. The van der Waals surface area contributed by atoms with Crippen molar-refractivity contribution in [1.29, 1.82) is 0 Å². The third-order valence-corrected chi connectivity index (χ3v) is 4.03. The van der Waals surface area contributed by atoms with E-state index in [2.05, 4.69) is 12.2 Å². The molecule has 2 unspecified atom stereocenters. The van der Waals surface area contributed by atoms with Gasteiger partial charge in [0.05, 0.1) is 0 Å². The first kappa shape index (κ1) is 11.9. The molecule has 1 nitrogen and oxygen atoms in total. The predicted molar refractivity (Wildman–Crippen MR) is 63.6 cm³/mol. The number of halogens is 2. The maximum Gasteiger partial charge on any atom is 0.126 e. The fraction of sp³-hybridized carbons (Fsp3) is 0.500. The van der Waals surface area contributed by atoms with E-state index in [0.717, 1.165) is 24.0 Å². The highest BCUT2D eigenvalue weighted by atomic mass is 32.2. The van der Waals surface area contributed by atoms with Crippen molar-refractivity contribution in [1.82, 2.24) is 5.32 Å². The average Bonchev–Trinajstić information content (AvgIpc) is 2.28. The molecule has 2 atom stereocenters. The molecule has 0 radical (unpaired) electrons. The Morgan fingerprint density at radius 1 is 1.25 bits per heavy atom. The van der Waals surface area contributed by atoms with Gasteiger partial charge in [-0.1, -0.05) is 6.92 Å². The number of rotatable bonds is 2. The Hall–Kier alpha value is -0.610. The SMILES string of the molecule is CCC1CSCC(c2cc(F)cc(F)c2)N1. The number of hydrogen-bond acceptors (Lipinski definition) is 2. The first-order valence-corrected chi connectivity index (χ1v) is 6.64. The smallest absolute Gasteiger partial charge is 0.126 e. The fourth-order valence-corrected chi connectivity index (χ4v) is 3.19. The summed E-state index contributed by atoms with van der Waals surface area (Å²) in [6.07, 6.45) is 1.04. The number of hydrogen-bond donors (Lipinski definition) is 1. The van der Waals surface area contributed by atoms with Crippen LogP contribution in [0.15, 0.2) is 18.2 Å². The largest absolute Gasteiger partial charge is 0.306 e. The highest BCUT2D eigenvalue weighted by molar-refractivity contribution is 7.99. The van der Waals surface area contributed by atoms with Crippen LogP contribution in [0.3, 0.4) is 0 Å². The summed E-state index contributed by atoms with van der Waals surface area (Å²) in [6.45, 7) is 2.12. The molecular weight excluding hydrogens is 228 g/mol. The number of benzene rings is 1. The average molecular weight is 243 g/mol. The minimum atomic E-state index is -0.500. The Kier molecular flexibility index (Phi) is 3.82. The zero-order valence-electron chi connectivity index (χ0n) is 9.17. The molecule has 1 aliphatic rings. The molecule has 0 saturated carbocycles. The second-order valence-electron chi connectivity index (χ2n) is 4.06. The van der Waals surface area contributed by atoms with Gasteiger partial charge in [-0.25, -0.2) is 8.78 Å². The summed E-state index contributed by atoms with van der Waals surface area (Å²) in [5, 5.41) is 3.42. The van der Waals surface area contributed by atoms with Crippen LogP contribution in [0.4, 0.5) is 8.78 Å². The quantitative estimate of drug-likeness (QED) is 0.856. The van der Waals surface area contributed by atoms with Crippen molar-refractivity contribution >= 4 is 11.8 Å². The lowest BCUT2D eigenvalue weighted by atomic mass is 10.1. The van der Waals surface area contributed by atoms with E-state index >= 15 is 0 Å². The Labute approximate surface area is 98.6 Å². The Morgan fingerprint density at radius 3 is 2.56 bits per heavy atom. The summed E-state index contributed by atoms with van der Waals surface area (Å²) < 4.78 is 26.2. The molecule has 0 amide bonds. The van der Waals surface area contributed by atoms with Crippen molar-refractivity contribution < 1.29 is 8.78 Å². The molecule has 1 aromatic rings. The zero-order chi connectivity index (χ0) is 11.5. The normalized spacial score (nSPS) is 25.7. The number of thioether (sulfide) groups is 1. The lowest BCUT2D eigenvalue weighted by molar-refractivity contribution is 0.461. The van der Waals surface area contributed by atoms with Crippen molar-refractivity contribution in [2.75, 3.05) is 11.5 Å². The van der Waals surface area contributed by atoms with Crippen LogP contribution in [0.25, 0.3) is 0 Å². The summed E-state index contributed by atoms with van der Waals surface area (Å²) in [7, 11) is 0. The van der Waals surface area contributed by atoms with Crippen LogP contribution in [0.2, 0.25) is 0 Å². The van der Waals surface area contributed by atoms with Gasteiger partial charge in [0.1, 0.15) is 11.6 Å². The van der Waals surface area contributed by atoms with Crippen LogP contribution in [0.5, 0.6) is 0 Å². The van der Waals surface area contributed by atoms with Crippen LogP contribution in [0, 0.1) is 11.6 Å². The van der Waals surface area contributed by atoms with Gasteiger partial charge >= 0.3 is 0 Å². The van der Waals surface area contributed by atoms with Crippen molar-refractivity contribution in [3.8, 4) is 0 Å². The molecule has 1 N–H and O–H groups in total. The van der Waals surface area contributed by atoms with Crippen LogP contribution in [0.1, 0.15) is 24.9 Å². The first-order chi connectivity index (χ1) is 7.69. The summed E-state index contributed by atoms with van der Waals surface area (Å²) in [6, 6.07) is 4.25. The van der Waals surface area contributed by atoms with Crippen LogP contribution in [-0.4, -0.2) is 17.5 Å². The second-order valence-corrected chi connectivity index (χ2v) is 5.14. The van der Waals surface area contributed by atoms with Gasteiger partial charge in [-0.2, -0.15) is 11.8 Å². The summed E-state index contributed by atoms with van der Waals surface area (Å²) >= 11 is 1.83. The summed E-state index contributed by atoms with van der Waals surface area (Å²) in [5.41, 5.74) is 0.711. The molecule has 88 valence electrons. The molecular formula is C12H15F2NS. The highest BCUT2D eigenvalue weighted by Gasteiger charge is 2.22. The van der Waals surface area contributed by atoms with Crippen LogP contribution in [-0.2, 0) is 0 Å². The monoisotopic (exact) mass is 243 g/mol. The molecule has 1 aromatic carbocycles. The van der Waals surface area contributed by atoms with Crippen molar-refractivity contribution in [2.24, 2.45) is 0 Å². The van der Waals surface area contributed by atoms with Crippen LogP contribution < -0.4 is 5.32 Å². The molecule has 1 aliphatic heterocycles. The van der Waals surface area contributed by atoms with Gasteiger partial charge < -0.3 is 5.32 Å². The standard InChI is InChI=1S/C12H15F2NS/c1-2-11-6-16-7-12(15-11)8-3-9(13)5-10(14)4-8/h3-5,11-12,15H,2,6-7H2,1H3. The Balaban J connectivity index is 2.16. The second kappa shape index (κ2) is 5.15. The van der Waals surface area contributed by atoms with E-state index < -0.39 is 11.6 Å². The molecule has 0 aromatic heterocycles. The maximum atomic E-state index is 13.1. The Bertz CT molecular complexity index is 350. The lowest BCUT2D eigenvalue weighted by Crippen LogP contribution is -2.39. The van der Waals surface area contributed by atoms with Gasteiger partial charge in [0.15, 0.2) is 0 Å². The number of nitrogens with one attached hydrogen (secondary N) is 1. The first-order valence-electron chi connectivity index (χ1n) is 5.49. The van der Waals surface area contributed by atoms with E-state index in [1.54, 1.807) is 0 Å². The lowest BCUT2D eigenvalue weighted by Gasteiger charge is -2.30. The van der Waals surface area contributed by atoms with E-state index in [9.17, 15) is 8.78 Å². The van der Waals surface area contributed by atoms with Crippen molar-refractivity contribution in [3.05, 3.63) is 35.4 Å². The summed E-state index contributed by atoms with van der Waals surface area (Å²) in [4.78, 5) is 0. The molecule has 16 heavy (non-hydrogen) atoms. The topological polar surface area (TPSA) is 12.0 Å². The van der Waals surface area contributed by atoms with Gasteiger partial charge in [-0.05, 0) is 24.1 Å². The van der Waals surface area contributed by atoms with Crippen molar-refractivity contribution in [3.63, 3.8) is 0 Å². The molecule has 1 saturated heterocycles. The van der Waals surface area contributed by atoms with Gasteiger partial charge in [-0.3, -0.25) is 0 Å². The van der Waals surface area contributed by atoms with Crippen molar-refractivity contribution in [2.45, 2.75) is 25.4 Å². The molecule has 0 aliphatic carbocycles. The third kappa shape index (κ3) is 2.74. The van der Waals surface area contributed by atoms with E-state index in [1.165, 1.54) is 12.1 Å². The van der Waals surface area contributed by atoms with E-state index in [-0.39, 0.29) is 6.04 Å². The van der Waals surface area contributed by atoms with Gasteiger partial charge in [0.2, 0.25) is 0 Å². The van der Waals surface area contributed by atoms with Gasteiger partial charge in [0.25, 0.3) is 0 Å². The van der Waals surface area contributed by atoms with Crippen LogP contribution >= 0.6 is 11.8 Å². The Morgan fingerprint density at radius 2 is 1.94 bits per heavy atom. The minimum absolute atomic E-state index is 0.0638. The van der Waals surface area contributed by atoms with E-state index in [0.29, 0.717) is 11.6 Å². The maximum absolute atomic E-state index is 13.1. The summed E-state index contributed by atoms with van der Waals surface area (Å²) in [5.74, 6) is 0.949. The molecule has 0 bridgehead atoms. The van der Waals surface area contributed by atoms with Gasteiger partial charge in [-0.15, -0.1) is 0 Å². The molecule has 2 rings (SSSR count). The minimum Gasteiger partial charge on any atom is -0.306 e. The fourth-order valence-electron chi connectivity index (χ4n) is 1.91. The molecule has 1 heterocycles. The van der Waals surface area contributed by atoms with E-state index in [1.807, 2.05) is 11.8 Å². The molecule has 4 heteroatoms. The van der Waals surface area contributed by atoms with Gasteiger partial charge in [0, 0.05) is 29.7 Å². The zero-order valence-corrected chi connectivity index (χ0v) is 9.99. The predicted octanol–water partition coefficient (Wildman–Crippen LogP) is 3.12. The third-order valence-electron chi connectivity index (χ3n) is 2.82. The van der Waals surface area contributed by atoms with E-state index in [4.69, 9.17) is 0 Å². The molecule has 0 spiro atoms. The molecule has 1 fully saturated rings.